The third-order valence-corrected chi connectivity index (χ3v) is 8.92. The molecule has 0 aromatic heterocycles. The van der Waals surface area contributed by atoms with E-state index in [1.807, 2.05) is 6.92 Å². The van der Waals surface area contributed by atoms with Crippen molar-refractivity contribution in [3.8, 4) is 0 Å². The van der Waals surface area contributed by atoms with Crippen LogP contribution < -0.4 is 4.90 Å². The molecule has 0 aliphatic carbocycles. The smallest absolute Gasteiger partial charge is 0.261 e. The molecule has 2 aliphatic heterocycles. The third kappa shape index (κ3) is 4.28. The number of ether oxygens (including phenoxy) is 2. The highest BCUT2D eigenvalue weighted by atomic mass is 79.9. The summed E-state index contributed by atoms with van der Waals surface area (Å²) in [7, 11) is 1.44. The molecule has 0 bridgehead atoms. The van der Waals surface area contributed by atoms with Crippen molar-refractivity contribution < 1.29 is 23.8 Å². The van der Waals surface area contributed by atoms with Crippen LogP contribution in [0.4, 0.5) is 10.1 Å². The first-order chi connectivity index (χ1) is 18.2. The molecule has 0 spiro atoms. The zero-order valence-corrected chi connectivity index (χ0v) is 24.0. The van der Waals surface area contributed by atoms with E-state index in [0.717, 1.165) is 0 Å². The van der Waals surface area contributed by atoms with E-state index in [1.54, 1.807) is 48.5 Å². The molecule has 3 aromatic rings. The largest absolute Gasteiger partial charge is 0.385 e. The van der Waals surface area contributed by atoms with Crippen molar-refractivity contribution in [1.29, 1.82) is 0 Å². The van der Waals surface area contributed by atoms with Crippen molar-refractivity contribution in [1.82, 2.24) is 0 Å². The lowest BCUT2D eigenvalue weighted by atomic mass is 9.74. The topological polar surface area (TPSA) is 59.0 Å². The summed E-state index contributed by atoms with van der Waals surface area (Å²) in [5.74, 6) is -1.24. The van der Waals surface area contributed by atoms with Gasteiger partial charge in [0, 0.05) is 40.4 Å². The fourth-order valence-electron chi connectivity index (χ4n) is 5.85. The summed E-state index contributed by atoms with van der Waals surface area (Å²) >= 11 is 15.9. The fourth-order valence-corrected chi connectivity index (χ4v) is 6.84. The van der Waals surface area contributed by atoms with Gasteiger partial charge in [-0.05, 0) is 89.1 Å². The van der Waals surface area contributed by atoms with Crippen LogP contribution in [0.3, 0.4) is 0 Å². The van der Waals surface area contributed by atoms with Gasteiger partial charge < -0.3 is 14.6 Å². The lowest BCUT2D eigenvalue weighted by Gasteiger charge is -2.39. The van der Waals surface area contributed by atoms with Crippen LogP contribution in [0, 0.1) is 11.7 Å². The summed E-state index contributed by atoms with van der Waals surface area (Å²) in [5.41, 5.74) is -1.43. The van der Waals surface area contributed by atoms with Crippen LogP contribution in [0.1, 0.15) is 53.2 Å². The molecule has 5 nitrogen and oxygen atoms in total. The molecule has 2 aliphatic rings. The van der Waals surface area contributed by atoms with Gasteiger partial charge in [0.1, 0.15) is 5.82 Å². The van der Waals surface area contributed by atoms with Gasteiger partial charge in [0.25, 0.3) is 5.91 Å². The van der Waals surface area contributed by atoms with Crippen molar-refractivity contribution in [3.05, 3.63) is 97.2 Å². The van der Waals surface area contributed by atoms with Crippen LogP contribution in [-0.4, -0.2) is 31.3 Å². The summed E-state index contributed by atoms with van der Waals surface area (Å²) in [4.78, 5) is 15.7. The van der Waals surface area contributed by atoms with Crippen LogP contribution in [-0.2, 0) is 20.8 Å². The number of carbonyl (C=O) groups is 1. The predicted molar refractivity (Wildman–Crippen MR) is 149 cm³/mol. The Morgan fingerprint density at radius 2 is 1.79 bits per heavy atom. The van der Waals surface area contributed by atoms with E-state index in [2.05, 4.69) is 15.9 Å². The first-order valence-corrected chi connectivity index (χ1v) is 14.0. The minimum atomic E-state index is -1.64. The number of nitrogens with zero attached hydrogens (tertiary/aromatic N) is 1. The molecule has 1 saturated heterocycles. The SMILES string of the molecule is CC[C@@](O)(c1cc(F)c2c(c1)C(=O)N(c1ccc(Cl)cc1Br)C2(OC)c1ccc(Cl)cc1)C1CCOCC1. The molecule has 1 unspecified atom stereocenters. The Labute approximate surface area is 239 Å². The fraction of sp³-hybridized carbons (Fsp3) is 0.345. The van der Waals surface area contributed by atoms with Crippen LogP contribution in [0.5, 0.6) is 0 Å². The molecule has 200 valence electrons. The molecule has 0 saturated carbocycles. The third-order valence-electron chi connectivity index (χ3n) is 7.79. The maximum Gasteiger partial charge on any atom is 0.261 e. The lowest BCUT2D eigenvalue weighted by Crippen LogP contribution is -2.47. The minimum absolute atomic E-state index is 0.0725. The number of aliphatic hydroxyl groups is 1. The van der Waals surface area contributed by atoms with Crippen molar-refractivity contribution in [2.24, 2.45) is 5.92 Å². The van der Waals surface area contributed by atoms with E-state index in [-0.39, 0.29) is 17.0 Å². The highest BCUT2D eigenvalue weighted by Gasteiger charge is 2.55. The number of hydrogen-bond donors (Lipinski definition) is 1. The molecular weight excluding hydrogens is 596 g/mol. The van der Waals surface area contributed by atoms with Crippen molar-refractivity contribution in [3.63, 3.8) is 0 Å². The van der Waals surface area contributed by atoms with Gasteiger partial charge in [-0.15, -0.1) is 0 Å². The molecule has 2 heterocycles. The quantitative estimate of drug-likeness (QED) is 0.311. The van der Waals surface area contributed by atoms with Crippen LogP contribution in [0.15, 0.2) is 59.1 Å². The van der Waals surface area contributed by atoms with Gasteiger partial charge in [0.2, 0.25) is 5.72 Å². The number of halogens is 4. The van der Waals surface area contributed by atoms with Gasteiger partial charge in [0.05, 0.1) is 22.4 Å². The lowest BCUT2D eigenvalue weighted by molar-refractivity contribution is -0.0733. The second-order valence-corrected chi connectivity index (χ2v) is 11.4. The van der Waals surface area contributed by atoms with E-state index in [4.69, 9.17) is 32.7 Å². The van der Waals surface area contributed by atoms with Crippen LogP contribution in [0.25, 0.3) is 0 Å². The Kier molecular flexibility index (Phi) is 7.63. The van der Waals surface area contributed by atoms with Crippen LogP contribution in [0.2, 0.25) is 10.0 Å². The Morgan fingerprint density at radius 1 is 1.13 bits per heavy atom. The summed E-state index contributed by atoms with van der Waals surface area (Å²) in [6.45, 7) is 2.93. The van der Waals surface area contributed by atoms with Gasteiger partial charge in [-0.25, -0.2) is 4.39 Å². The number of rotatable bonds is 6. The number of carbonyl (C=O) groups excluding carboxylic acids is 1. The molecule has 1 N–H and O–H groups in total. The monoisotopic (exact) mass is 621 g/mol. The van der Waals surface area contributed by atoms with E-state index in [0.29, 0.717) is 63.8 Å². The molecule has 2 atom stereocenters. The Morgan fingerprint density at radius 3 is 2.39 bits per heavy atom. The standard InChI is InChI=1S/C29H27BrCl2FNO4/c1-3-28(36,17-10-12-38-13-11-17)19-14-22-26(24(33)15-19)29(37-2,18-4-6-20(31)7-5-18)34(27(22)35)25-9-8-21(32)16-23(25)30/h4-9,14-17,36H,3,10-13H2,1-2H3/t28-,29?/m0/s1. The Bertz CT molecular complexity index is 1380. The average molecular weight is 623 g/mol. The highest BCUT2D eigenvalue weighted by Crippen LogP contribution is 2.51. The molecule has 5 rings (SSSR count). The van der Waals surface area contributed by atoms with Crippen molar-refractivity contribution in [2.45, 2.75) is 37.5 Å². The predicted octanol–water partition coefficient (Wildman–Crippen LogP) is 7.43. The molecule has 1 amide bonds. The Balaban J connectivity index is 1.77. The summed E-state index contributed by atoms with van der Waals surface area (Å²) < 4.78 is 28.5. The van der Waals surface area contributed by atoms with E-state index >= 15 is 4.39 Å². The highest BCUT2D eigenvalue weighted by molar-refractivity contribution is 9.10. The zero-order valence-electron chi connectivity index (χ0n) is 20.9. The van der Waals surface area contributed by atoms with Crippen molar-refractivity contribution in [2.75, 3.05) is 25.2 Å². The number of amides is 1. The number of methoxy groups -OCH3 is 1. The first-order valence-electron chi connectivity index (χ1n) is 12.4. The second-order valence-electron chi connectivity index (χ2n) is 9.64. The maximum atomic E-state index is 16.4. The second kappa shape index (κ2) is 10.5. The Hall–Kier alpha value is -2.00. The zero-order chi connectivity index (χ0) is 27.2. The normalized spacial score (nSPS) is 21.4. The number of anilines is 1. The van der Waals surface area contributed by atoms with Crippen molar-refractivity contribution >= 4 is 50.7 Å². The maximum absolute atomic E-state index is 16.4. The number of fused-ring (bicyclic) bond motifs is 1. The first kappa shape index (κ1) is 27.6. The van der Waals surface area contributed by atoms with E-state index < -0.39 is 23.1 Å². The van der Waals surface area contributed by atoms with Crippen LogP contribution >= 0.6 is 39.1 Å². The molecule has 0 radical (unpaired) electrons. The van der Waals surface area contributed by atoms with E-state index in [1.165, 1.54) is 18.1 Å². The molecule has 1 fully saturated rings. The average Bonchev–Trinajstić information content (AvgIpc) is 3.18. The van der Waals surface area contributed by atoms with Gasteiger partial charge >= 0.3 is 0 Å². The van der Waals surface area contributed by atoms with E-state index in [9.17, 15) is 9.90 Å². The number of hydrogen-bond acceptors (Lipinski definition) is 4. The summed E-state index contributed by atoms with van der Waals surface area (Å²) in [5, 5.41) is 12.8. The van der Waals surface area contributed by atoms with Gasteiger partial charge in [0.15, 0.2) is 0 Å². The summed E-state index contributed by atoms with van der Waals surface area (Å²) in [6.07, 6.45) is 1.66. The molecule has 3 aromatic carbocycles. The molecule has 38 heavy (non-hydrogen) atoms. The molecule has 9 heteroatoms. The summed E-state index contributed by atoms with van der Waals surface area (Å²) in [6, 6.07) is 14.7. The molecular formula is C29H27BrCl2FNO4. The van der Waals surface area contributed by atoms with Gasteiger partial charge in [-0.1, -0.05) is 42.3 Å². The van der Waals surface area contributed by atoms with Gasteiger partial charge in [-0.3, -0.25) is 9.69 Å². The number of benzene rings is 3. The van der Waals surface area contributed by atoms with Gasteiger partial charge in [-0.2, -0.15) is 0 Å². The minimum Gasteiger partial charge on any atom is -0.385 e.